The molecule has 15 heavy (non-hydrogen) atoms. The summed E-state index contributed by atoms with van der Waals surface area (Å²) in [5.41, 5.74) is 2.86. The van der Waals surface area contributed by atoms with Crippen molar-refractivity contribution in [1.29, 1.82) is 0 Å². The Bertz CT molecular complexity index is 561. The number of hydrogen-bond donors (Lipinski definition) is 2. The Morgan fingerprint density at radius 2 is 1.60 bits per heavy atom. The molecule has 2 N–H and O–H groups in total. The van der Waals surface area contributed by atoms with Gasteiger partial charge in [0, 0.05) is 0 Å². The van der Waals surface area contributed by atoms with Gasteiger partial charge in [0.15, 0.2) is 0 Å². The van der Waals surface area contributed by atoms with Crippen molar-refractivity contribution in [3.05, 3.63) is 41.5 Å². The van der Waals surface area contributed by atoms with E-state index in [9.17, 15) is 10.0 Å². The van der Waals surface area contributed by atoms with Crippen molar-refractivity contribution in [3.63, 3.8) is 0 Å². The first kappa shape index (κ1) is 8.71. The maximum absolute atomic E-state index is 9.26. The highest BCUT2D eigenvalue weighted by atomic mass is 16.4. The summed E-state index contributed by atoms with van der Waals surface area (Å²) in [7, 11) is -1.41. The molecule has 0 saturated carbocycles. The lowest BCUT2D eigenvalue weighted by atomic mass is 9.76. The molecule has 0 fully saturated rings. The first-order valence-electron chi connectivity index (χ1n) is 4.87. The van der Waals surface area contributed by atoms with E-state index in [2.05, 4.69) is 0 Å². The van der Waals surface area contributed by atoms with Gasteiger partial charge in [-0.3, -0.25) is 0 Å². The van der Waals surface area contributed by atoms with Crippen LogP contribution in [0.2, 0.25) is 0 Å². The Labute approximate surface area is 87.6 Å². The smallest absolute Gasteiger partial charge is 0.423 e. The molecule has 1 aliphatic carbocycles. The first-order chi connectivity index (χ1) is 7.27. The molecule has 0 bridgehead atoms. The Kier molecular flexibility index (Phi) is 1.72. The molecule has 72 valence electrons. The molecule has 0 unspecified atom stereocenters. The fourth-order valence-corrected chi connectivity index (χ4v) is 2.17. The van der Waals surface area contributed by atoms with Crippen LogP contribution in [0.5, 0.6) is 0 Å². The van der Waals surface area contributed by atoms with E-state index in [4.69, 9.17) is 0 Å². The zero-order valence-electron chi connectivity index (χ0n) is 8.01. The molecule has 0 spiro atoms. The fraction of sp³-hybridized carbons (Fsp3) is 0. The molecular formula is C12H9BO2. The lowest BCUT2D eigenvalue weighted by Gasteiger charge is -2.07. The van der Waals surface area contributed by atoms with E-state index >= 15 is 0 Å². The minimum Gasteiger partial charge on any atom is -0.423 e. The minimum atomic E-state index is -1.41. The summed E-state index contributed by atoms with van der Waals surface area (Å²) in [5.74, 6) is 0. The predicted octanol–water partition coefficient (Wildman–Crippen LogP) is 1.00. The molecule has 3 heteroatoms. The lowest BCUT2D eigenvalue weighted by Crippen LogP contribution is -2.30. The van der Waals surface area contributed by atoms with Crippen molar-refractivity contribution >= 4 is 35.5 Å². The largest absolute Gasteiger partial charge is 0.489 e. The number of hydrogen-bond acceptors (Lipinski definition) is 2. The van der Waals surface area contributed by atoms with Crippen molar-refractivity contribution in [2.45, 2.75) is 0 Å². The molecule has 2 aromatic carbocycles. The highest BCUT2D eigenvalue weighted by molar-refractivity contribution is 6.62. The van der Waals surface area contributed by atoms with Crippen LogP contribution in [0.4, 0.5) is 0 Å². The van der Waals surface area contributed by atoms with Gasteiger partial charge in [-0.2, -0.15) is 0 Å². The number of benzene rings is 2. The Morgan fingerprint density at radius 1 is 0.867 bits per heavy atom. The second kappa shape index (κ2) is 2.96. The third kappa shape index (κ3) is 1.14. The zero-order chi connectivity index (χ0) is 10.4. The average molecular weight is 196 g/mol. The van der Waals surface area contributed by atoms with E-state index in [1.807, 2.05) is 36.4 Å². The Morgan fingerprint density at radius 3 is 2.33 bits per heavy atom. The first-order valence-corrected chi connectivity index (χ1v) is 4.87. The van der Waals surface area contributed by atoms with E-state index < -0.39 is 7.12 Å². The lowest BCUT2D eigenvalue weighted by molar-refractivity contribution is 0.426. The molecule has 0 atom stereocenters. The van der Waals surface area contributed by atoms with Gasteiger partial charge in [-0.05, 0) is 27.4 Å². The predicted molar refractivity (Wildman–Crippen MR) is 62.7 cm³/mol. The van der Waals surface area contributed by atoms with Crippen LogP contribution in [0, 0.1) is 0 Å². The zero-order valence-corrected chi connectivity index (χ0v) is 8.01. The summed E-state index contributed by atoms with van der Waals surface area (Å²) in [6.45, 7) is 0. The van der Waals surface area contributed by atoms with Crippen molar-refractivity contribution in [3.8, 4) is 0 Å². The molecular weight excluding hydrogens is 187 g/mol. The average Bonchev–Trinajstić information content (AvgIpc) is 2.64. The molecule has 0 heterocycles. The van der Waals surface area contributed by atoms with E-state index in [1.54, 1.807) is 6.07 Å². The van der Waals surface area contributed by atoms with Gasteiger partial charge in [0.2, 0.25) is 0 Å². The highest BCUT2D eigenvalue weighted by Crippen LogP contribution is 2.29. The van der Waals surface area contributed by atoms with Crippen LogP contribution in [0.3, 0.4) is 0 Å². The van der Waals surface area contributed by atoms with Gasteiger partial charge in [-0.25, -0.2) is 0 Å². The van der Waals surface area contributed by atoms with E-state index in [1.165, 1.54) is 0 Å². The third-order valence-corrected chi connectivity index (χ3v) is 2.86. The molecule has 0 aromatic heterocycles. The molecule has 0 aliphatic heterocycles. The van der Waals surface area contributed by atoms with E-state index in [0.717, 1.165) is 21.9 Å². The van der Waals surface area contributed by atoms with Crippen LogP contribution >= 0.6 is 0 Å². The van der Waals surface area contributed by atoms with Crippen LogP contribution in [-0.2, 0) is 0 Å². The second-order valence-electron chi connectivity index (χ2n) is 3.72. The van der Waals surface area contributed by atoms with Gasteiger partial charge >= 0.3 is 7.12 Å². The monoisotopic (exact) mass is 196 g/mol. The van der Waals surface area contributed by atoms with Gasteiger partial charge < -0.3 is 10.0 Å². The third-order valence-electron chi connectivity index (χ3n) is 2.86. The normalized spacial score (nSPS) is 12.4. The van der Waals surface area contributed by atoms with Gasteiger partial charge in [-0.1, -0.05) is 42.5 Å². The summed E-state index contributed by atoms with van der Waals surface area (Å²) in [6.07, 6.45) is 4.09. The van der Waals surface area contributed by atoms with Crippen molar-refractivity contribution in [2.24, 2.45) is 0 Å². The summed E-state index contributed by atoms with van der Waals surface area (Å²) >= 11 is 0. The maximum Gasteiger partial charge on any atom is 0.489 e. The van der Waals surface area contributed by atoms with Crippen LogP contribution in [0.25, 0.3) is 22.9 Å². The SMILES string of the molecule is OB(O)c1ccc2c3c(cccc13)C=C2. The maximum atomic E-state index is 9.26. The summed E-state index contributed by atoms with van der Waals surface area (Å²) < 4.78 is 0. The van der Waals surface area contributed by atoms with Gasteiger partial charge in [-0.15, -0.1) is 0 Å². The molecule has 0 radical (unpaired) electrons. The fourth-order valence-electron chi connectivity index (χ4n) is 2.17. The topological polar surface area (TPSA) is 40.5 Å². The molecule has 2 nitrogen and oxygen atoms in total. The number of rotatable bonds is 1. The van der Waals surface area contributed by atoms with Crippen LogP contribution < -0.4 is 5.46 Å². The molecule has 0 saturated heterocycles. The highest BCUT2D eigenvalue weighted by Gasteiger charge is 2.18. The molecule has 3 rings (SSSR count). The van der Waals surface area contributed by atoms with Crippen LogP contribution in [-0.4, -0.2) is 17.2 Å². The van der Waals surface area contributed by atoms with Crippen molar-refractivity contribution in [2.75, 3.05) is 0 Å². The van der Waals surface area contributed by atoms with Crippen molar-refractivity contribution < 1.29 is 10.0 Å². The van der Waals surface area contributed by atoms with Crippen LogP contribution in [0.15, 0.2) is 30.3 Å². The minimum absolute atomic E-state index is 0.569. The quantitative estimate of drug-likeness (QED) is 0.570. The molecule has 1 aliphatic rings. The molecule has 0 amide bonds. The summed E-state index contributed by atoms with van der Waals surface area (Å²) in [6, 6.07) is 9.57. The van der Waals surface area contributed by atoms with Crippen molar-refractivity contribution in [1.82, 2.24) is 0 Å². The van der Waals surface area contributed by atoms with E-state index in [0.29, 0.717) is 5.46 Å². The van der Waals surface area contributed by atoms with Gasteiger partial charge in [0.25, 0.3) is 0 Å². The van der Waals surface area contributed by atoms with Gasteiger partial charge in [0.1, 0.15) is 0 Å². The van der Waals surface area contributed by atoms with Crippen LogP contribution in [0.1, 0.15) is 11.1 Å². The summed E-state index contributed by atoms with van der Waals surface area (Å²) in [4.78, 5) is 0. The summed E-state index contributed by atoms with van der Waals surface area (Å²) in [5, 5.41) is 20.6. The second-order valence-corrected chi connectivity index (χ2v) is 3.72. The van der Waals surface area contributed by atoms with Gasteiger partial charge in [0.05, 0.1) is 0 Å². The van der Waals surface area contributed by atoms with E-state index in [-0.39, 0.29) is 0 Å². The Hall–Kier alpha value is -1.58. The molecule has 2 aromatic rings. The standard InChI is InChI=1S/C12H9BO2/c14-13(15)11-7-6-9-5-4-8-2-1-3-10(11)12(8)9/h1-7,14-15H. The Balaban J connectivity index is 2.46.